The summed E-state index contributed by atoms with van der Waals surface area (Å²) < 4.78 is 0. The van der Waals surface area contributed by atoms with Gasteiger partial charge in [-0.15, -0.1) is 0 Å². The fraction of sp³-hybridized carbons (Fsp3) is 0.500. The van der Waals surface area contributed by atoms with Crippen molar-refractivity contribution in [2.75, 3.05) is 25.0 Å². The molecule has 1 aromatic rings. The Balaban J connectivity index is 1.62. The van der Waals surface area contributed by atoms with E-state index < -0.39 is 11.5 Å². The predicted octanol–water partition coefficient (Wildman–Crippen LogP) is 0.338. The van der Waals surface area contributed by atoms with E-state index in [1.165, 1.54) is 0 Å². The Hall–Kier alpha value is -2.41. The molecule has 0 saturated carbocycles. The average molecular weight is 342 g/mol. The molecule has 4 rings (SSSR count). The molecule has 3 aliphatic rings. The molecule has 0 aromatic heterocycles. The predicted molar refractivity (Wildman–Crippen MR) is 92.0 cm³/mol. The molecule has 0 bridgehead atoms. The van der Waals surface area contributed by atoms with Crippen LogP contribution >= 0.6 is 0 Å². The van der Waals surface area contributed by atoms with Gasteiger partial charge in [-0.3, -0.25) is 14.4 Å². The fourth-order valence-electron chi connectivity index (χ4n) is 4.11. The molecule has 3 heterocycles. The summed E-state index contributed by atoms with van der Waals surface area (Å²) in [5.74, 6) is -0.846. The lowest BCUT2D eigenvalue weighted by Crippen LogP contribution is -2.56. The van der Waals surface area contributed by atoms with Crippen LogP contribution in [-0.2, 0) is 9.59 Å². The first-order chi connectivity index (χ1) is 12.0. The van der Waals surface area contributed by atoms with Crippen LogP contribution in [0, 0.1) is 5.92 Å². The molecule has 1 aromatic carbocycles. The van der Waals surface area contributed by atoms with Crippen LogP contribution in [0.25, 0.3) is 0 Å². The Bertz CT molecular complexity index is 744. The summed E-state index contributed by atoms with van der Waals surface area (Å²) in [5.41, 5.74) is 0.176. The van der Waals surface area contributed by atoms with E-state index in [4.69, 9.17) is 0 Å². The molecule has 3 aliphatic heterocycles. The zero-order chi connectivity index (χ0) is 17.6. The Morgan fingerprint density at radius 3 is 2.84 bits per heavy atom. The highest BCUT2D eigenvalue weighted by Crippen LogP contribution is 2.32. The van der Waals surface area contributed by atoms with Crippen molar-refractivity contribution in [3.8, 4) is 0 Å². The Kier molecular flexibility index (Phi) is 3.76. The summed E-state index contributed by atoms with van der Waals surface area (Å²) in [7, 11) is 0. The zero-order valence-corrected chi connectivity index (χ0v) is 14.2. The molecule has 0 radical (unpaired) electrons. The summed E-state index contributed by atoms with van der Waals surface area (Å²) in [4.78, 5) is 39.9. The second-order valence-electron chi connectivity index (χ2n) is 7.33. The van der Waals surface area contributed by atoms with E-state index in [0.29, 0.717) is 24.3 Å². The molecule has 132 valence electrons. The quantitative estimate of drug-likeness (QED) is 0.686. The molecule has 0 spiro atoms. The van der Waals surface area contributed by atoms with Gasteiger partial charge in [0.1, 0.15) is 0 Å². The van der Waals surface area contributed by atoms with Gasteiger partial charge in [-0.25, -0.2) is 0 Å². The Morgan fingerprint density at radius 1 is 1.28 bits per heavy atom. The van der Waals surface area contributed by atoms with Crippen LogP contribution in [0.1, 0.15) is 30.1 Å². The summed E-state index contributed by atoms with van der Waals surface area (Å²) in [6.45, 7) is 3.35. The number of fused-ring (bicyclic) bond motifs is 2. The fourth-order valence-corrected chi connectivity index (χ4v) is 4.11. The second kappa shape index (κ2) is 5.84. The third-order valence-electron chi connectivity index (χ3n) is 5.51. The minimum Gasteiger partial charge on any atom is -0.344 e. The zero-order valence-electron chi connectivity index (χ0n) is 14.2. The number of hydrogen-bond acceptors (Lipinski definition) is 4. The van der Waals surface area contributed by atoms with Crippen LogP contribution in [0.15, 0.2) is 24.3 Å². The topological polar surface area (TPSA) is 90.5 Å². The molecule has 2 saturated heterocycles. The van der Waals surface area contributed by atoms with Gasteiger partial charge >= 0.3 is 0 Å². The van der Waals surface area contributed by atoms with Gasteiger partial charge in [0.15, 0.2) is 0 Å². The van der Waals surface area contributed by atoms with Crippen LogP contribution in [0.4, 0.5) is 5.69 Å². The molecule has 0 unspecified atom stereocenters. The number of amides is 3. The van der Waals surface area contributed by atoms with Crippen molar-refractivity contribution in [3.05, 3.63) is 29.8 Å². The van der Waals surface area contributed by atoms with E-state index in [0.717, 1.165) is 19.4 Å². The number of carbonyl (C=O) groups excluding carboxylic acids is 3. The normalized spacial score (nSPS) is 31.5. The number of hydrogen-bond donors (Lipinski definition) is 3. The number of anilines is 1. The molecule has 7 nitrogen and oxygen atoms in total. The summed E-state index contributed by atoms with van der Waals surface area (Å²) in [6, 6.07) is 6.78. The molecule has 3 N–H and O–H groups in total. The van der Waals surface area contributed by atoms with Gasteiger partial charge in [0.25, 0.3) is 5.91 Å². The Morgan fingerprint density at radius 2 is 2.08 bits per heavy atom. The van der Waals surface area contributed by atoms with Crippen LogP contribution in [0.3, 0.4) is 0 Å². The lowest BCUT2D eigenvalue weighted by atomic mass is 9.86. The van der Waals surface area contributed by atoms with E-state index in [1.54, 1.807) is 29.2 Å². The van der Waals surface area contributed by atoms with Crippen molar-refractivity contribution >= 4 is 23.4 Å². The van der Waals surface area contributed by atoms with Gasteiger partial charge < -0.3 is 20.9 Å². The van der Waals surface area contributed by atoms with Crippen LogP contribution in [-0.4, -0.2) is 53.8 Å². The highest BCUT2D eigenvalue weighted by atomic mass is 16.2. The van der Waals surface area contributed by atoms with E-state index >= 15 is 0 Å². The number of nitrogens with one attached hydrogen (secondary N) is 3. The molecule has 3 amide bonds. The lowest BCUT2D eigenvalue weighted by molar-refractivity contribution is -0.132. The summed E-state index contributed by atoms with van der Waals surface area (Å²) in [5, 5.41) is 9.08. The molecular weight excluding hydrogens is 320 g/mol. The van der Waals surface area contributed by atoms with Crippen molar-refractivity contribution in [1.82, 2.24) is 15.5 Å². The van der Waals surface area contributed by atoms with Gasteiger partial charge in [0.2, 0.25) is 11.8 Å². The highest BCUT2D eigenvalue weighted by molar-refractivity contribution is 6.07. The first-order valence-electron chi connectivity index (χ1n) is 8.72. The summed E-state index contributed by atoms with van der Waals surface area (Å²) in [6.07, 6.45) is 1.80. The van der Waals surface area contributed by atoms with Crippen molar-refractivity contribution < 1.29 is 14.4 Å². The van der Waals surface area contributed by atoms with Gasteiger partial charge in [0.05, 0.1) is 28.7 Å². The van der Waals surface area contributed by atoms with E-state index in [2.05, 4.69) is 16.0 Å². The van der Waals surface area contributed by atoms with E-state index in [9.17, 15) is 14.4 Å². The number of likely N-dealkylation sites (tertiary alicyclic amines) is 1. The summed E-state index contributed by atoms with van der Waals surface area (Å²) >= 11 is 0. The average Bonchev–Trinajstić information content (AvgIpc) is 3.21. The van der Waals surface area contributed by atoms with Gasteiger partial charge in [-0.1, -0.05) is 12.1 Å². The van der Waals surface area contributed by atoms with Crippen LogP contribution < -0.4 is 16.0 Å². The monoisotopic (exact) mass is 342 g/mol. The smallest absolute Gasteiger partial charge is 0.253 e. The van der Waals surface area contributed by atoms with E-state index in [-0.39, 0.29) is 23.8 Å². The second-order valence-corrected chi connectivity index (χ2v) is 7.33. The van der Waals surface area contributed by atoms with Crippen molar-refractivity contribution in [2.45, 2.75) is 31.3 Å². The first kappa shape index (κ1) is 16.1. The maximum atomic E-state index is 12.8. The van der Waals surface area contributed by atoms with Crippen LogP contribution in [0.5, 0.6) is 0 Å². The maximum Gasteiger partial charge on any atom is 0.253 e. The van der Waals surface area contributed by atoms with Crippen molar-refractivity contribution in [1.29, 1.82) is 0 Å². The minimum atomic E-state index is -0.775. The molecule has 25 heavy (non-hydrogen) atoms. The Labute approximate surface area is 146 Å². The highest BCUT2D eigenvalue weighted by Gasteiger charge is 2.51. The molecule has 7 heteroatoms. The van der Waals surface area contributed by atoms with E-state index in [1.807, 2.05) is 6.92 Å². The SMILES string of the molecule is C[C@]12CN(C(=O)[C@@H]3CCCN3)C[C@H]1C(=O)Nc1ccccc1C(=O)N2. The largest absolute Gasteiger partial charge is 0.344 e. The molecule has 3 atom stereocenters. The third kappa shape index (κ3) is 2.68. The van der Waals surface area contributed by atoms with Crippen molar-refractivity contribution in [3.63, 3.8) is 0 Å². The number of carbonyl (C=O) groups is 3. The molecule has 0 aliphatic carbocycles. The standard InChI is InChI=1S/C18H22N4O3/c1-18-10-22(17(25)14-7-4-8-19-14)9-12(18)16(24)20-13-6-3-2-5-11(13)15(23)21-18/h2-3,5-6,12,14,19H,4,7-10H2,1H3,(H,20,24)(H,21,23)/t12-,14-,18-/m0/s1. The van der Waals surface area contributed by atoms with Gasteiger partial charge in [-0.05, 0) is 38.4 Å². The number of para-hydroxylation sites is 1. The van der Waals surface area contributed by atoms with Gasteiger partial charge in [-0.2, -0.15) is 0 Å². The van der Waals surface area contributed by atoms with Crippen LogP contribution in [0.2, 0.25) is 0 Å². The number of benzene rings is 1. The lowest BCUT2D eigenvalue weighted by Gasteiger charge is -2.33. The minimum absolute atomic E-state index is 0.0186. The van der Waals surface area contributed by atoms with Gasteiger partial charge in [0, 0.05) is 13.1 Å². The molecular formula is C18H22N4O3. The first-order valence-corrected chi connectivity index (χ1v) is 8.72. The number of nitrogens with zero attached hydrogens (tertiary/aromatic N) is 1. The maximum absolute atomic E-state index is 12.8. The number of rotatable bonds is 1. The molecule has 2 fully saturated rings. The third-order valence-corrected chi connectivity index (χ3v) is 5.51. The van der Waals surface area contributed by atoms with Crippen molar-refractivity contribution in [2.24, 2.45) is 5.92 Å².